The molecule has 1 aromatic rings. The molecule has 4 heteroatoms. The van der Waals surface area contributed by atoms with Crippen molar-refractivity contribution < 1.29 is 9.53 Å². The van der Waals surface area contributed by atoms with Crippen molar-refractivity contribution in [2.24, 2.45) is 5.73 Å². The number of carbonyl (C=O) groups excluding carboxylic acids is 1. The van der Waals surface area contributed by atoms with Crippen LogP contribution in [0.3, 0.4) is 0 Å². The van der Waals surface area contributed by atoms with E-state index in [0.717, 1.165) is 49.1 Å². The van der Waals surface area contributed by atoms with Crippen molar-refractivity contribution in [3.05, 3.63) is 28.8 Å². The highest BCUT2D eigenvalue weighted by molar-refractivity contribution is 6.03. The highest BCUT2D eigenvalue weighted by atomic mass is 16.5. The number of amides is 1. The zero-order valence-corrected chi connectivity index (χ0v) is 12.8. The van der Waals surface area contributed by atoms with Crippen molar-refractivity contribution in [1.29, 1.82) is 0 Å². The number of nitrogens with two attached hydrogens (primary N) is 1. The maximum absolute atomic E-state index is 12.1. The Balaban J connectivity index is 2.00. The molecule has 3 N–H and O–H groups in total. The number of aryl methyl sites for hydroxylation is 1. The van der Waals surface area contributed by atoms with Crippen LogP contribution < -0.4 is 11.1 Å². The van der Waals surface area contributed by atoms with E-state index in [-0.39, 0.29) is 24.0 Å². The zero-order chi connectivity index (χ0) is 15.0. The van der Waals surface area contributed by atoms with Crippen LogP contribution in [-0.4, -0.2) is 18.6 Å². The number of ether oxygens (including phenoxy) is 1. The van der Waals surface area contributed by atoms with E-state index in [0.29, 0.717) is 0 Å². The monoisotopic (exact) mass is 288 g/mol. The lowest BCUT2D eigenvalue weighted by molar-refractivity contribution is -0.117. The molecule has 3 unspecified atom stereocenters. The maximum atomic E-state index is 12.1. The maximum Gasteiger partial charge on any atom is 0.232 e. The summed E-state index contributed by atoms with van der Waals surface area (Å²) in [6, 6.07) is 4.16. The first-order valence-electron chi connectivity index (χ1n) is 8.00. The van der Waals surface area contributed by atoms with Crippen molar-refractivity contribution in [1.82, 2.24) is 0 Å². The lowest BCUT2D eigenvalue weighted by atomic mass is 9.90. The molecule has 21 heavy (non-hydrogen) atoms. The fourth-order valence-electron chi connectivity index (χ4n) is 3.51. The van der Waals surface area contributed by atoms with Gasteiger partial charge in [-0.25, -0.2) is 0 Å². The van der Waals surface area contributed by atoms with E-state index in [1.165, 1.54) is 5.56 Å². The van der Waals surface area contributed by atoms with Crippen LogP contribution in [0.1, 0.15) is 61.8 Å². The second-order valence-corrected chi connectivity index (χ2v) is 6.03. The first kappa shape index (κ1) is 14.5. The molecule has 2 aliphatic rings. The van der Waals surface area contributed by atoms with Gasteiger partial charge >= 0.3 is 0 Å². The molecule has 1 saturated heterocycles. The zero-order valence-electron chi connectivity index (χ0n) is 12.8. The lowest BCUT2D eigenvalue weighted by Crippen LogP contribution is -2.25. The Morgan fingerprint density at radius 2 is 2.24 bits per heavy atom. The van der Waals surface area contributed by atoms with E-state index in [4.69, 9.17) is 10.5 Å². The third kappa shape index (κ3) is 2.47. The molecular weight excluding hydrogens is 264 g/mol. The van der Waals surface area contributed by atoms with Crippen LogP contribution in [0.5, 0.6) is 0 Å². The normalized spacial score (nSPS) is 25.8. The quantitative estimate of drug-likeness (QED) is 0.895. The molecular formula is C17H24N2O2. The Labute approximate surface area is 126 Å². The standard InChI is InChI=1S/C17H24N2O2/c1-3-10-8-11(15(18)14-6-5-7-21-14)9-13-12(4-2)17(20)19-16(10)13/h8-9,12,14-15H,3-7,18H2,1-2H3,(H,19,20). The van der Waals surface area contributed by atoms with Crippen LogP contribution >= 0.6 is 0 Å². The number of carbonyl (C=O) groups is 1. The van der Waals surface area contributed by atoms with E-state index < -0.39 is 0 Å². The number of hydrogen-bond acceptors (Lipinski definition) is 3. The van der Waals surface area contributed by atoms with Gasteiger partial charge in [-0.05, 0) is 42.4 Å². The Morgan fingerprint density at radius 1 is 1.43 bits per heavy atom. The largest absolute Gasteiger partial charge is 0.376 e. The Hall–Kier alpha value is -1.39. The summed E-state index contributed by atoms with van der Waals surface area (Å²) in [6.45, 7) is 4.97. The first-order valence-corrected chi connectivity index (χ1v) is 8.00. The third-order valence-electron chi connectivity index (χ3n) is 4.75. The summed E-state index contributed by atoms with van der Waals surface area (Å²) in [7, 11) is 0. The van der Waals surface area contributed by atoms with Gasteiger partial charge in [-0.1, -0.05) is 26.0 Å². The van der Waals surface area contributed by atoms with Crippen molar-refractivity contribution in [3.63, 3.8) is 0 Å². The molecule has 0 spiro atoms. The fourth-order valence-corrected chi connectivity index (χ4v) is 3.51. The van der Waals surface area contributed by atoms with Gasteiger partial charge in [0.2, 0.25) is 5.91 Å². The van der Waals surface area contributed by atoms with Gasteiger partial charge in [-0.15, -0.1) is 0 Å². The van der Waals surface area contributed by atoms with Crippen LogP contribution in [0.15, 0.2) is 12.1 Å². The van der Waals surface area contributed by atoms with Gasteiger partial charge in [-0.3, -0.25) is 4.79 Å². The number of hydrogen-bond donors (Lipinski definition) is 2. The van der Waals surface area contributed by atoms with Crippen LogP contribution in [0.2, 0.25) is 0 Å². The average Bonchev–Trinajstić information content (AvgIpc) is 3.12. The molecule has 0 aliphatic carbocycles. The number of nitrogens with one attached hydrogen (secondary N) is 1. The summed E-state index contributed by atoms with van der Waals surface area (Å²) in [6.07, 6.45) is 3.93. The van der Waals surface area contributed by atoms with Gasteiger partial charge in [0.1, 0.15) is 0 Å². The van der Waals surface area contributed by atoms with E-state index in [1.54, 1.807) is 0 Å². The minimum Gasteiger partial charge on any atom is -0.376 e. The molecule has 0 aromatic heterocycles. The number of benzene rings is 1. The summed E-state index contributed by atoms with van der Waals surface area (Å²) in [5.41, 5.74) is 10.8. The number of anilines is 1. The van der Waals surface area contributed by atoms with Gasteiger partial charge in [0, 0.05) is 12.3 Å². The molecule has 1 amide bonds. The number of rotatable bonds is 4. The van der Waals surface area contributed by atoms with Gasteiger partial charge < -0.3 is 15.8 Å². The minimum absolute atomic E-state index is 0.0399. The average molecular weight is 288 g/mol. The second-order valence-electron chi connectivity index (χ2n) is 6.03. The summed E-state index contributed by atoms with van der Waals surface area (Å²) >= 11 is 0. The van der Waals surface area contributed by atoms with Gasteiger partial charge in [0.25, 0.3) is 0 Å². The van der Waals surface area contributed by atoms with Crippen LogP contribution in [0.25, 0.3) is 0 Å². The van der Waals surface area contributed by atoms with E-state index in [9.17, 15) is 4.79 Å². The van der Waals surface area contributed by atoms with E-state index >= 15 is 0 Å². The van der Waals surface area contributed by atoms with Gasteiger partial charge in [0.05, 0.1) is 18.1 Å². The molecule has 1 fully saturated rings. The summed E-state index contributed by atoms with van der Waals surface area (Å²) in [5, 5.41) is 3.04. The van der Waals surface area contributed by atoms with Crippen LogP contribution in [0, 0.1) is 0 Å². The Morgan fingerprint density at radius 3 is 2.86 bits per heavy atom. The SMILES string of the molecule is CCc1cc(C(N)C2CCCO2)cc2c1NC(=O)C2CC. The van der Waals surface area contributed by atoms with Crippen LogP contribution in [-0.2, 0) is 16.0 Å². The van der Waals surface area contributed by atoms with Gasteiger partial charge in [-0.2, -0.15) is 0 Å². The lowest BCUT2D eigenvalue weighted by Gasteiger charge is -2.21. The molecule has 2 heterocycles. The van der Waals surface area contributed by atoms with Crippen molar-refractivity contribution >= 4 is 11.6 Å². The van der Waals surface area contributed by atoms with E-state index in [2.05, 4.69) is 31.3 Å². The summed E-state index contributed by atoms with van der Waals surface area (Å²) in [5.74, 6) is 0.0759. The highest BCUT2D eigenvalue weighted by Crippen LogP contribution is 2.40. The molecule has 2 aliphatic heterocycles. The molecule has 4 nitrogen and oxygen atoms in total. The van der Waals surface area contributed by atoms with E-state index in [1.807, 2.05) is 0 Å². The first-order chi connectivity index (χ1) is 10.2. The minimum atomic E-state index is -0.101. The molecule has 3 rings (SSSR count). The fraction of sp³-hybridized carbons (Fsp3) is 0.588. The van der Waals surface area contributed by atoms with Crippen LogP contribution in [0.4, 0.5) is 5.69 Å². The van der Waals surface area contributed by atoms with Crippen molar-refractivity contribution in [3.8, 4) is 0 Å². The molecule has 0 bridgehead atoms. The molecule has 114 valence electrons. The highest BCUT2D eigenvalue weighted by Gasteiger charge is 2.33. The topological polar surface area (TPSA) is 64.3 Å². The molecule has 0 radical (unpaired) electrons. The Kier molecular flexibility index (Phi) is 4.00. The third-order valence-corrected chi connectivity index (χ3v) is 4.75. The summed E-state index contributed by atoms with van der Waals surface area (Å²) in [4.78, 5) is 12.1. The van der Waals surface area contributed by atoms with Crippen molar-refractivity contribution in [2.75, 3.05) is 11.9 Å². The Bertz CT molecular complexity index is 550. The smallest absolute Gasteiger partial charge is 0.232 e. The van der Waals surface area contributed by atoms with Crippen molar-refractivity contribution in [2.45, 2.75) is 57.6 Å². The predicted molar refractivity (Wildman–Crippen MR) is 83.4 cm³/mol. The predicted octanol–water partition coefficient (Wildman–Crippen LogP) is 2.87. The van der Waals surface area contributed by atoms with Gasteiger partial charge in [0.15, 0.2) is 0 Å². The molecule has 0 saturated carbocycles. The second kappa shape index (κ2) is 5.78. The number of fused-ring (bicyclic) bond motifs is 1. The molecule has 1 aromatic carbocycles. The molecule has 3 atom stereocenters. The summed E-state index contributed by atoms with van der Waals surface area (Å²) < 4.78 is 5.73.